The van der Waals surface area contributed by atoms with Crippen molar-refractivity contribution in [1.82, 2.24) is 15.4 Å². The minimum atomic E-state index is 0.312. The second-order valence-corrected chi connectivity index (χ2v) is 4.88. The Morgan fingerprint density at radius 2 is 2.44 bits per heavy atom. The third-order valence-corrected chi connectivity index (χ3v) is 3.05. The van der Waals surface area contributed by atoms with Crippen molar-refractivity contribution in [2.24, 2.45) is 0 Å². The third kappa shape index (κ3) is 4.08. The van der Waals surface area contributed by atoms with Gasteiger partial charge in [0.15, 0.2) is 5.76 Å². The number of morpholine rings is 1. The van der Waals surface area contributed by atoms with Crippen LogP contribution in [0.4, 0.5) is 0 Å². The number of ether oxygens (including phenoxy) is 1. The van der Waals surface area contributed by atoms with Gasteiger partial charge in [-0.05, 0) is 19.9 Å². The monoisotopic (exact) mass is 253 g/mol. The van der Waals surface area contributed by atoms with Crippen LogP contribution in [0.15, 0.2) is 10.6 Å². The van der Waals surface area contributed by atoms with Gasteiger partial charge in [-0.15, -0.1) is 0 Å². The molecule has 1 N–H and O–H groups in total. The number of hydrogen-bond donors (Lipinski definition) is 1. The molecule has 102 valence electrons. The van der Waals surface area contributed by atoms with Crippen LogP contribution >= 0.6 is 0 Å². The van der Waals surface area contributed by atoms with Crippen molar-refractivity contribution in [3.05, 3.63) is 17.5 Å². The Morgan fingerprint density at radius 3 is 3.22 bits per heavy atom. The van der Waals surface area contributed by atoms with E-state index in [1.54, 1.807) is 0 Å². The van der Waals surface area contributed by atoms with Crippen molar-refractivity contribution in [2.75, 3.05) is 26.2 Å². The smallest absolute Gasteiger partial charge is 0.151 e. The number of nitrogens with one attached hydrogen (secondary N) is 1. The summed E-state index contributed by atoms with van der Waals surface area (Å²) in [5, 5.41) is 7.40. The lowest BCUT2D eigenvalue weighted by Crippen LogP contribution is -2.40. The molecule has 0 bridgehead atoms. The number of rotatable bonds is 6. The molecule has 1 saturated heterocycles. The lowest BCUT2D eigenvalue weighted by atomic mass is 10.2. The topological polar surface area (TPSA) is 50.5 Å². The first-order chi connectivity index (χ1) is 8.78. The van der Waals surface area contributed by atoms with Crippen LogP contribution in [-0.2, 0) is 17.8 Å². The van der Waals surface area contributed by atoms with Crippen molar-refractivity contribution < 1.29 is 9.26 Å². The zero-order chi connectivity index (χ0) is 12.8. The highest BCUT2D eigenvalue weighted by atomic mass is 16.5. The van der Waals surface area contributed by atoms with E-state index in [0.29, 0.717) is 6.10 Å². The molecule has 0 aliphatic carbocycles. The summed E-state index contributed by atoms with van der Waals surface area (Å²) in [6.45, 7) is 9.63. The van der Waals surface area contributed by atoms with Crippen molar-refractivity contribution in [3.8, 4) is 0 Å². The van der Waals surface area contributed by atoms with Gasteiger partial charge in [-0.2, -0.15) is 0 Å². The van der Waals surface area contributed by atoms with Crippen LogP contribution < -0.4 is 5.32 Å². The summed E-state index contributed by atoms with van der Waals surface area (Å²) in [7, 11) is 0. The molecule has 5 heteroatoms. The van der Waals surface area contributed by atoms with E-state index in [-0.39, 0.29) is 0 Å². The summed E-state index contributed by atoms with van der Waals surface area (Å²) in [4.78, 5) is 2.35. The van der Waals surface area contributed by atoms with E-state index >= 15 is 0 Å². The van der Waals surface area contributed by atoms with Crippen LogP contribution in [0.3, 0.4) is 0 Å². The molecule has 18 heavy (non-hydrogen) atoms. The SMILES string of the molecule is CCCNCc1cc(CN2CCOC(C)C2)on1. The Hall–Kier alpha value is -0.910. The van der Waals surface area contributed by atoms with Crippen LogP contribution in [0.5, 0.6) is 0 Å². The lowest BCUT2D eigenvalue weighted by Gasteiger charge is -2.30. The Labute approximate surface area is 108 Å². The summed E-state index contributed by atoms with van der Waals surface area (Å²) < 4.78 is 10.9. The molecule has 1 unspecified atom stereocenters. The molecule has 1 aromatic heterocycles. The highest BCUT2D eigenvalue weighted by molar-refractivity contribution is 5.05. The maximum absolute atomic E-state index is 5.52. The fraction of sp³-hybridized carbons (Fsp3) is 0.769. The van der Waals surface area contributed by atoms with Crippen molar-refractivity contribution >= 4 is 0 Å². The summed E-state index contributed by atoms with van der Waals surface area (Å²) in [6.07, 6.45) is 1.45. The van der Waals surface area contributed by atoms with Crippen molar-refractivity contribution in [2.45, 2.75) is 39.5 Å². The average molecular weight is 253 g/mol. The molecule has 2 heterocycles. The fourth-order valence-electron chi connectivity index (χ4n) is 2.16. The first kappa shape index (κ1) is 13.5. The van der Waals surface area contributed by atoms with Gasteiger partial charge in [0.05, 0.1) is 24.9 Å². The van der Waals surface area contributed by atoms with Crippen LogP contribution in [-0.4, -0.2) is 42.4 Å². The molecule has 0 radical (unpaired) electrons. The molecule has 1 aliphatic rings. The summed E-state index contributed by atoms with van der Waals surface area (Å²) in [5.74, 6) is 0.942. The molecule has 5 nitrogen and oxygen atoms in total. The minimum absolute atomic E-state index is 0.312. The van der Waals surface area contributed by atoms with Gasteiger partial charge in [-0.1, -0.05) is 12.1 Å². The maximum Gasteiger partial charge on any atom is 0.151 e. The molecule has 1 atom stereocenters. The Balaban J connectivity index is 1.78. The van der Waals surface area contributed by atoms with Gasteiger partial charge in [0, 0.05) is 25.7 Å². The summed E-state index contributed by atoms with van der Waals surface area (Å²) in [6, 6.07) is 2.04. The molecule has 1 aromatic rings. The minimum Gasteiger partial charge on any atom is -0.376 e. The van der Waals surface area contributed by atoms with Gasteiger partial charge >= 0.3 is 0 Å². The van der Waals surface area contributed by atoms with Crippen molar-refractivity contribution in [3.63, 3.8) is 0 Å². The van der Waals surface area contributed by atoms with E-state index < -0.39 is 0 Å². The van der Waals surface area contributed by atoms with Gasteiger partial charge < -0.3 is 14.6 Å². The number of aromatic nitrogens is 1. The van der Waals surface area contributed by atoms with E-state index in [4.69, 9.17) is 9.26 Å². The molecule has 2 rings (SSSR count). The predicted octanol–water partition coefficient (Wildman–Crippen LogP) is 1.39. The average Bonchev–Trinajstić information content (AvgIpc) is 2.77. The first-order valence-corrected chi connectivity index (χ1v) is 6.77. The van der Waals surface area contributed by atoms with Crippen LogP contribution in [0.1, 0.15) is 31.7 Å². The zero-order valence-corrected chi connectivity index (χ0v) is 11.3. The van der Waals surface area contributed by atoms with Gasteiger partial charge in [-0.25, -0.2) is 0 Å². The lowest BCUT2D eigenvalue weighted by molar-refractivity contribution is -0.0235. The van der Waals surface area contributed by atoms with E-state index in [9.17, 15) is 0 Å². The second kappa shape index (κ2) is 6.87. The highest BCUT2D eigenvalue weighted by Gasteiger charge is 2.18. The fourth-order valence-corrected chi connectivity index (χ4v) is 2.16. The first-order valence-electron chi connectivity index (χ1n) is 6.77. The van der Waals surface area contributed by atoms with Gasteiger partial charge in [-0.3, -0.25) is 4.90 Å². The van der Waals surface area contributed by atoms with Crippen molar-refractivity contribution in [1.29, 1.82) is 0 Å². The van der Waals surface area contributed by atoms with Crippen LogP contribution in [0, 0.1) is 0 Å². The molecule has 1 aliphatic heterocycles. The van der Waals surface area contributed by atoms with E-state index in [1.165, 1.54) is 0 Å². The highest BCUT2D eigenvalue weighted by Crippen LogP contribution is 2.11. The molecule has 0 spiro atoms. The quantitative estimate of drug-likeness (QED) is 0.777. The molecule has 0 saturated carbocycles. The Morgan fingerprint density at radius 1 is 1.56 bits per heavy atom. The third-order valence-electron chi connectivity index (χ3n) is 3.05. The van der Waals surface area contributed by atoms with Gasteiger partial charge in [0.1, 0.15) is 0 Å². The largest absolute Gasteiger partial charge is 0.376 e. The maximum atomic E-state index is 5.52. The zero-order valence-electron chi connectivity index (χ0n) is 11.3. The summed E-state index contributed by atoms with van der Waals surface area (Å²) in [5.41, 5.74) is 0.986. The molecule has 0 aromatic carbocycles. The Kier molecular flexibility index (Phi) is 5.16. The predicted molar refractivity (Wildman–Crippen MR) is 69.2 cm³/mol. The van der Waals surface area contributed by atoms with E-state index in [2.05, 4.69) is 29.2 Å². The molecule has 1 fully saturated rings. The van der Waals surface area contributed by atoms with E-state index in [1.807, 2.05) is 6.07 Å². The second-order valence-electron chi connectivity index (χ2n) is 4.88. The summed E-state index contributed by atoms with van der Waals surface area (Å²) >= 11 is 0. The number of hydrogen-bond acceptors (Lipinski definition) is 5. The van der Waals surface area contributed by atoms with Crippen LogP contribution in [0.2, 0.25) is 0 Å². The van der Waals surface area contributed by atoms with Gasteiger partial charge in [0.2, 0.25) is 0 Å². The standard InChI is InChI=1S/C13H23N3O2/c1-3-4-14-8-12-7-13(18-15-12)10-16-5-6-17-11(2)9-16/h7,11,14H,3-6,8-10H2,1-2H3. The molecular weight excluding hydrogens is 230 g/mol. The Bertz CT molecular complexity index is 354. The van der Waals surface area contributed by atoms with Gasteiger partial charge in [0.25, 0.3) is 0 Å². The molecule has 0 amide bonds. The number of nitrogens with zero attached hydrogens (tertiary/aromatic N) is 2. The normalized spacial score (nSPS) is 21.3. The van der Waals surface area contributed by atoms with E-state index in [0.717, 1.165) is 57.2 Å². The van der Waals surface area contributed by atoms with Crippen LogP contribution in [0.25, 0.3) is 0 Å². The molecular formula is C13H23N3O2.